The first-order valence-electron chi connectivity index (χ1n) is 9.51. The van der Waals surface area contributed by atoms with Crippen molar-refractivity contribution in [3.05, 3.63) is 0 Å². The van der Waals surface area contributed by atoms with E-state index in [9.17, 15) is 0 Å². The van der Waals surface area contributed by atoms with Crippen molar-refractivity contribution in [2.45, 2.75) is 106 Å². The van der Waals surface area contributed by atoms with Gasteiger partial charge in [-0.2, -0.15) is 0 Å². The highest BCUT2D eigenvalue weighted by Gasteiger charge is 2.17. The molecule has 0 aromatic heterocycles. The van der Waals surface area contributed by atoms with E-state index in [2.05, 4.69) is 41.5 Å². The average Bonchev–Trinajstić information content (AvgIpc) is 2.41. The lowest BCUT2D eigenvalue weighted by atomic mass is 9.80. The van der Waals surface area contributed by atoms with Gasteiger partial charge < -0.3 is 0 Å². The monoisotopic (exact) mass is 282 g/mol. The molecule has 0 aromatic carbocycles. The van der Waals surface area contributed by atoms with Crippen molar-refractivity contribution in [3.63, 3.8) is 0 Å². The molecule has 0 bridgehead atoms. The van der Waals surface area contributed by atoms with Crippen LogP contribution in [0.5, 0.6) is 0 Å². The minimum absolute atomic E-state index is 0.876. The third kappa shape index (κ3) is 10.7. The summed E-state index contributed by atoms with van der Waals surface area (Å²) < 4.78 is 0. The van der Waals surface area contributed by atoms with Gasteiger partial charge in [-0.15, -0.1) is 0 Å². The molecule has 3 unspecified atom stereocenters. The fraction of sp³-hybridized carbons (Fsp3) is 1.00. The molecule has 20 heavy (non-hydrogen) atoms. The molecular formula is C20H42. The Hall–Kier alpha value is 0. The van der Waals surface area contributed by atoms with E-state index in [4.69, 9.17) is 0 Å². The van der Waals surface area contributed by atoms with E-state index >= 15 is 0 Å². The molecule has 0 fully saturated rings. The Kier molecular flexibility index (Phi) is 12.7. The normalized spacial score (nSPS) is 16.4. The van der Waals surface area contributed by atoms with Crippen LogP contribution >= 0.6 is 0 Å². The van der Waals surface area contributed by atoms with Gasteiger partial charge in [-0.1, -0.05) is 99.3 Å². The largest absolute Gasteiger partial charge is 0.0654 e. The van der Waals surface area contributed by atoms with Crippen LogP contribution in [-0.4, -0.2) is 0 Å². The fourth-order valence-electron chi connectivity index (χ4n) is 3.16. The van der Waals surface area contributed by atoms with Gasteiger partial charge >= 0.3 is 0 Å². The molecule has 0 saturated carbocycles. The predicted molar refractivity (Wildman–Crippen MR) is 94.2 cm³/mol. The molecule has 0 spiro atoms. The van der Waals surface area contributed by atoms with Crippen LogP contribution in [0.2, 0.25) is 0 Å². The van der Waals surface area contributed by atoms with Gasteiger partial charge in [0.2, 0.25) is 0 Å². The molecule has 0 radical (unpaired) electrons. The summed E-state index contributed by atoms with van der Waals surface area (Å²) in [6.07, 6.45) is 14.3. The van der Waals surface area contributed by atoms with Crippen LogP contribution in [0, 0.1) is 23.7 Å². The topological polar surface area (TPSA) is 0 Å². The summed E-state index contributed by atoms with van der Waals surface area (Å²) in [7, 11) is 0. The molecule has 0 aromatic rings. The highest BCUT2D eigenvalue weighted by molar-refractivity contribution is 4.69. The third-order valence-corrected chi connectivity index (χ3v) is 5.15. The summed E-state index contributed by atoms with van der Waals surface area (Å²) in [5.41, 5.74) is 0. The molecule has 0 aliphatic carbocycles. The summed E-state index contributed by atoms with van der Waals surface area (Å²) in [5.74, 6) is 3.73. The molecule has 3 atom stereocenters. The smallest absolute Gasteiger partial charge is 0.0388 e. The summed E-state index contributed by atoms with van der Waals surface area (Å²) >= 11 is 0. The van der Waals surface area contributed by atoms with Crippen LogP contribution < -0.4 is 0 Å². The summed E-state index contributed by atoms with van der Waals surface area (Å²) in [6.45, 7) is 14.3. The summed E-state index contributed by atoms with van der Waals surface area (Å²) in [5, 5.41) is 0. The Bertz CT molecular complexity index is 194. The van der Waals surface area contributed by atoms with Crippen LogP contribution in [0.4, 0.5) is 0 Å². The van der Waals surface area contributed by atoms with Gasteiger partial charge in [-0.3, -0.25) is 0 Å². The van der Waals surface area contributed by atoms with Crippen molar-refractivity contribution in [3.8, 4) is 0 Å². The van der Waals surface area contributed by atoms with Crippen LogP contribution in [-0.2, 0) is 0 Å². The van der Waals surface area contributed by atoms with E-state index in [-0.39, 0.29) is 0 Å². The Morgan fingerprint density at radius 2 is 1.35 bits per heavy atom. The maximum absolute atomic E-state index is 2.52. The molecule has 0 aliphatic heterocycles. The van der Waals surface area contributed by atoms with Crippen molar-refractivity contribution in [2.24, 2.45) is 23.7 Å². The molecule has 0 rings (SSSR count). The van der Waals surface area contributed by atoms with Crippen LogP contribution in [0.15, 0.2) is 0 Å². The lowest BCUT2D eigenvalue weighted by Crippen LogP contribution is -2.14. The van der Waals surface area contributed by atoms with E-state index in [1.807, 2.05) is 0 Å². The Labute approximate surface area is 130 Å². The van der Waals surface area contributed by atoms with E-state index in [0.29, 0.717) is 0 Å². The lowest BCUT2D eigenvalue weighted by Gasteiger charge is -2.25. The van der Waals surface area contributed by atoms with Crippen molar-refractivity contribution >= 4 is 0 Å². The Morgan fingerprint density at radius 1 is 0.650 bits per heavy atom. The van der Waals surface area contributed by atoms with Gasteiger partial charge in [0.05, 0.1) is 0 Å². The minimum Gasteiger partial charge on any atom is -0.0654 e. The number of hydrogen-bond donors (Lipinski definition) is 0. The van der Waals surface area contributed by atoms with E-state index in [1.54, 1.807) is 0 Å². The minimum atomic E-state index is 0.876. The van der Waals surface area contributed by atoms with Crippen molar-refractivity contribution in [1.29, 1.82) is 0 Å². The van der Waals surface area contributed by atoms with Crippen LogP contribution in [0.25, 0.3) is 0 Å². The van der Waals surface area contributed by atoms with Gasteiger partial charge in [0.15, 0.2) is 0 Å². The average molecular weight is 283 g/mol. The van der Waals surface area contributed by atoms with Crippen LogP contribution in [0.3, 0.4) is 0 Å². The zero-order chi connectivity index (χ0) is 15.4. The molecule has 0 heteroatoms. The first-order valence-corrected chi connectivity index (χ1v) is 9.51. The van der Waals surface area contributed by atoms with Crippen molar-refractivity contribution < 1.29 is 0 Å². The van der Waals surface area contributed by atoms with Gasteiger partial charge in [0.1, 0.15) is 0 Å². The van der Waals surface area contributed by atoms with Crippen LogP contribution in [0.1, 0.15) is 106 Å². The quantitative estimate of drug-likeness (QED) is 0.307. The van der Waals surface area contributed by atoms with Gasteiger partial charge in [0, 0.05) is 0 Å². The number of hydrogen-bond acceptors (Lipinski definition) is 0. The molecule has 0 heterocycles. The fourth-order valence-corrected chi connectivity index (χ4v) is 3.16. The molecule has 0 N–H and O–H groups in total. The summed E-state index contributed by atoms with van der Waals surface area (Å²) in [4.78, 5) is 0. The number of unbranched alkanes of at least 4 members (excludes halogenated alkanes) is 2. The molecule has 0 aliphatic rings. The maximum Gasteiger partial charge on any atom is -0.0388 e. The van der Waals surface area contributed by atoms with E-state index in [0.717, 1.165) is 23.7 Å². The molecular weight excluding hydrogens is 240 g/mol. The van der Waals surface area contributed by atoms with E-state index < -0.39 is 0 Å². The van der Waals surface area contributed by atoms with Gasteiger partial charge in [-0.25, -0.2) is 0 Å². The standard InChI is InChI=1S/C20H42/c1-7-9-10-13-19(6)20(14-11-12-17(3)4)16-15-18(5)8-2/h17-20H,7-16H2,1-6H3. The SMILES string of the molecule is CCCCCC(C)C(CCCC(C)C)CCC(C)CC. The molecule has 0 nitrogen and oxygen atoms in total. The maximum atomic E-state index is 2.52. The lowest BCUT2D eigenvalue weighted by molar-refractivity contribution is 0.260. The van der Waals surface area contributed by atoms with E-state index in [1.165, 1.54) is 64.2 Å². The highest BCUT2D eigenvalue weighted by Crippen LogP contribution is 2.30. The van der Waals surface area contributed by atoms with Gasteiger partial charge in [-0.05, 0) is 30.1 Å². The van der Waals surface area contributed by atoms with Crippen molar-refractivity contribution in [1.82, 2.24) is 0 Å². The first kappa shape index (κ1) is 20.0. The Morgan fingerprint density at radius 3 is 1.90 bits per heavy atom. The zero-order valence-electron chi connectivity index (χ0n) is 15.4. The Balaban J connectivity index is 4.14. The second-order valence-corrected chi connectivity index (χ2v) is 7.65. The molecule has 0 saturated heterocycles. The highest BCUT2D eigenvalue weighted by atomic mass is 14.2. The number of rotatable bonds is 13. The second kappa shape index (κ2) is 12.7. The second-order valence-electron chi connectivity index (χ2n) is 7.65. The van der Waals surface area contributed by atoms with Gasteiger partial charge in [0.25, 0.3) is 0 Å². The first-order chi connectivity index (χ1) is 9.51. The van der Waals surface area contributed by atoms with Crippen molar-refractivity contribution in [2.75, 3.05) is 0 Å². The zero-order valence-corrected chi connectivity index (χ0v) is 15.4. The molecule has 0 amide bonds. The predicted octanol–water partition coefficient (Wildman–Crippen LogP) is 7.47. The molecule has 122 valence electrons. The summed E-state index contributed by atoms with van der Waals surface area (Å²) in [6, 6.07) is 0. The third-order valence-electron chi connectivity index (χ3n) is 5.15.